The first-order valence-electron chi connectivity index (χ1n) is 6.97. The first kappa shape index (κ1) is 14.3. The zero-order valence-electron chi connectivity index (χ0n) is 11.3. The van der Waals surface area contributed by atoms with E-state index in [0.717, 1.165) is 5.56 Å². The molecular weight excluding hydrogens is 259 g/mol. The quantitative estimate of drug-likeness (QED) is 0.826. The summed E-state index contributed by atoms with van der Waals surface area (Å²) in [6, 6.07) is 7.13. The van der Waals surface area contributed by atoms with Gasteiger partial charge in [0.1, 0.15) is 5.82 Å². The number of hydrogen-bond donors (Lipinski definition) is 2. The lowest BCUT2D eigenvalue weighted by Crippen LogP contribution is -2.43. The van der Waals surface area contributed by atoms with Crippen LogP contribution in [0.2, 0.25) is 0 Å². The predicted octanol–water partition coefficient (Wildman–Crippen LogP) is 3.68. The zero-order valence-corrected chi connectivity index (χ0v) is 12.1. The summed E-state index contributed by atoms with van der Waals surface area (Å²) >= 11 is 5.34. The van der Waals surface area contributed by atoms with Gasteiger partial charge in [0.05, 0.1) is 6.04 Å². The Balaban J connectivity index is 1.82. The molecule has 0 saturated heterocycles. The van der Waals surface area contributed by atoms with E-state index in [1.54, 1.807) is 12.1 Å². The van der Waals surface area contributed by atoms with E-state index in [2.05, 4.69) is 10.6 Å². The average Bonchev–Trinajstić information content (AvgIpc) is 2.40. The van der Waals surface area contributed by atoms with Crippen LogP contribution in [0.1, 0.15) is 50.6 Å². The Bertz CT molecular complexity index is 413. The van der Waals surface area contributed by atoms with Crippen molar-refractivity contribution in [2.45, 2.75) is 51.1 Å². The Morgan fingerprint density at radius 2 is 1.84 bits per heavy atom. The van der Waals surface area contributed by atoms with Gasteiger partial charge < -0.3 is 10.6 Å². The van der Waals surface area contributed by atoms with Crippen LogP contribution in [0.4, 0.5) is 4.39 Å². The Kier molecular flexibility index (Phi) is 5.14. The lowest BCUT2D eigenvalue weighted by Gasteiger charge is -2.26. The zero-order chi connectivity index (χ0) is 13.7. The van der Waals surface area contributed by atoms with E-state index >= 15 is 0 Å². The van der Waals surface area contributed by atoms with Crippen LogP contribution in [0.5, 0.6) is 0 Å². The van der Waals surface area contributed by atoms with E-state index in [1.165, 1.54) is 44.2 Å². The maximum absolute atomic E-state index is 12.9. The molecule has 1 aliphatic rings. The molecule has 0 spiro atoms. The van der Waals surface area contributed by atoms with Crippen molar-refractivity contribution in [3.63, 3.8) is 0 Å². The van der Waals surface area contributed by atoms with Crippen molar-refractivity contribution in [1.82, 2.24) is 10.6 Å². The molecule has 1 aromatic carbocycles. The van der Waals surface area contributed by atoms with Gasteiger partial charge in [0.15, 0.2) is 5.11 Å². The topological polar surface area (TPSA) is 24.1 Å². The standard InChI is InChI=1S/C15H21FN2S/c1-11(12-7-9-13(16)10-8-12)17-15(19)18-14-5-3-2-4-6-14/h7-11,14H,2-6H2,1H3,(H2,17,18,19)/t11-/m1/s1. The molecule has 1 aliphatic carbocycles. The van der Waals surface area contributed by atoms with Crippen LogP contribution in [0.3, 0.4) is 0 Å². The van der Waals surface area contributed by atoms with Crippen molar-refractivity contribution in [3.05, 3.63) is 35.6 Å². The summed E-state index contributed by atoms with van der Waals surface area (Å²) in [7, 11) is 0. The van der Waals surface area contributed by atoms with Gasteiger partial charge in [-0.15, -0.1) is 0 Å². The molecule has 0 amide bonds. The molecule has 1 aromatic rings. The van der Waals surface area contributed by atoms with E-state index < -0.39 is 0 Å². The van der Waals surface area contributed by atoms with Crippen LogP contribution in [0, 0.1) is 5.82 Å². The maximum Gasteiger partial charge on any atom is 0.166 e. The fourth-order valence-electron chi connectivity index (χ4n) is 2.51. The Morgan fingerprint density at radius 3 is 2.47 bits per heavy atom. The van der Waals surface area contributed by atoms with Gasteiger partial charge in [-0.05, 0) is 49.7 Å². The van der Waals surface area contributed by atoms with Crippen molar-refractivity contribution < 1.29 is 4.39 Å². The normalized spacial score (nSPS) is 17.8. The Labute approximate surface area is 119 Å². The number of thiocarbonyl (C=S) groups is 1. The minimum absolute atomic E-state index is 0.0872. The molecule has 4 heteroatoms. The highest BCUT2D eigenvalue weighted by atomic mass is 32.1. The lowest BCUT2D eigenvalue weighted by molar-refractivity contribution is 0.411. The molecule has 0 aliphatic heterocycles. The predicted molar refractivity (Wildman–Crippen MR) is 80.6 cm³/mol. The van der Waals surface area contributed by atoms with Gasteiger partial charge in [-0.2, -0.15) is 0 Å². The summed E-state index contributed by atoms with van der Waals surface area (Å²) < 4.78 is 12.9. The fraction of sp³-hybridized carbons (Fsp3) is 0.533. The van der Waals surface area contributed by atoms with E-state index in [1.807, 2.05) is 6.92 Å². The van der Waals surface area contributed by atoms with E-state index in [9.17, 15) is 4.39 Å². The fourth-order valence-corrected chi connectivity index (χ4v) is 2.85. The van der Waals surface area contributed by atoms with Crippen molar-refractivity contribution in [2.75, 3.05) is 0 Å². The first-order chi connectivity index (χ1) is 9.15. The number of benzene rings is 1. The first-order valence-corrected chi connectivity index (χ1v) is 7.38. The van der Waals surface area contributed by atoms with Crippen LogP contribution in [0.15, 0.2) is 24.3 Å². The van der Waals surface area contributed by atoms with Crippen molar-refractivity contribution >= 4 is 17.3 Å². The third-order valence-corrected chi connectivity index (χ3v) is 3.89. The molecule has 0 heterocycles. The summed E-state index contributed by atoms with van der Waals surface area (Å²) in [5.74, 6) is -0.209. The molecule has 0 unspecified atom stereocenters. The van der Waals surface area contributed by atoms with Gasteiger partial charge in [-0.1, -0.05) is 31.4 Å². The molecule has 2 N–H and O–H groups in total. The molecule has 104 valence electrons. The molecule has 1 fully saturated rings. The smallest absolute Gasteiger partial charge is 0.166 e. The summed E-state index contributed by atoms with van der Waals surface area (Å²) in [5.41, 5.74) is 1.04. The van der Waals surface area contributed by atoms with Crippen LogP contribution in [-0.4, -0.2) is 11.2 Å². The largest absolute Gasteiger partial charge is 0.360 e. The van der Waals surface area contributed by atoms with Gasteiger partial charge in [-0.25, -0.2) is 4.39 Å². The second-order valence-electron chi connectivity index (χ2n) is 5.23. The molecule has 0 radical (unpaired) electrons. The van der Waals surface area contributed by atoms with Crippen molar-refractivity contribution in [1.29, 1.82) is 0 Å². The van der Waals surface area contributed by atoms with Crippen LogP contribution >= 0.6 is 12.2 Å². The third-order valence-electron chi connectivity index (χ3n) is 3.66. The maximum atomic E-state index is 12.9. The number of hydrogen-bond acceptors (Lipinski definition) is 1. The molecular formula is C15H21FN2S. The second kappa shape index (κ2) is 6.85. The highest BCUT2D eigenvalue weighted by Gasteiger charge is 2.15. The average molecular weight is 280 g/mol. The van der Waals surface area contributed by atoms with E-state index in [-0.39, 0.29) is 11.9 Å². The van der Waals surface area contributed by atoms with Gasteiger partial charge in [-0.3, -0.25) is 0 Å². The highest BCUT2D eigenvalue weighted by molar-refractivity contribution is 7.80. The van der Waals surface area contributed by atoms with Gasteiger partial charge >= 0.3 is 0 Å². The summed E-state index contributed by atoms with van der Waals surface area (Å²) in [5, 5.41) is 7.34. The Hall–Kier alpha value is -1.16. The Morgan fingerprint density at radius 1 is 1.21 bits per heavy atom. The summed E-state index contributed by atoms with van der Waals surface area (Å²) in [4.78, 5) is 0. The van der Waals surface area contributed by atoms with Crippen LogP contribution in [-0.2, 0) is 0 Å². The van der Waals surface area contributed by atoms with Gasteiger partial charge in [0.25, 0.3) is 0 Å². The van der Waals surface area contributed by atoms with E-state index in [4.69, 9.17) is 12.2 Å². The number of halogens is 1. The molecule has 0 aromatic heterocycles. The van der Waals surface area contributed by atoms with Crippen LogP contribution in [0.25, 0.3) is 0 Å². The molecule has 2 rings (SSSR count). The highest BCUT2D eigenvalue weighted by Crippen LogP contribution is 2.18. The number of nitrogens with one attached hydrogen (secondary N) is 2. The SMILES string of the molecule is C[C@@H](NC(=S)NC1CCCCC1)c1ccc(F)cc1. The molecule has 1 atom stereocenters. The summed E-state index contributed by atoms with van der Waals surface area (Å²) in [6.45, 7) is 2.03. The molecule has 2 nitrogen and oxygen atoms in total. The minimum atomic E-state index is -0.209. The van der Waals surface area contributed by atoms with Crippen molar-refractivity contribution in [2.24, 2.45) is 0 Å². The van der Waals surface area contributed by atoms with Crippen molar-refractivity contribution in [3.8, 4) is 0 Å². The number of rotatable bonds is 3. The third kappa shape index (κ3) is 4.46. The van der Waals surface area contributed by atoms with Gasteiger partial charge in [0.2, 0.25) is 0 Å². The van der Waals surface area contributed by atoms with E-state index in [0.29, 0.717) is 11.2 Å². The summed E-state index contributed by atoms with van der Waals surface area (Å²) in [6.07, 6.45) is 6.31. The molecule has 0 bridgehead atoms. The minimum Gasteiger partial charge on any atom is -0.360 e. The second-order valence-corrected chi connectivity index (χ2v) is 5.63. The van der Waals surface area contributed by atoms with Crippen LogP contribution < -0.4 is 10.6 Å². The molecule has 19 heavy (non-hydrogen) atoms. The molecule has 1 saturated carbocycles. The van der Waals surface area contributed by atoms with Gasteiger partial charge in [0, 0.05) is 6.04 Å². The monoisotopic (exact) mass is 280 g/mol. The lowest BCUT2D eigenvalue weighted by atomic mass is 9.96.